The molecular formula is C24H30FN5O2. The van der Waals surface area contributed by atoms with Crippen molar-refractivity contribution in [2.75, 3.05) is 38.6 Å². The monoisotopic (exact) mass is 439 g/mol. The zero-order valence-electron chi connectivity index (χ0n) is 18.9. The van der Waals surface area contributed by atoms with Crippen molar-refractivity contribution >= 4 is 17.8 Å². The molecule has 0 N–H and O–H groups in total. The van der Waals surface area contributed by atoms with Crippen molar-refractivity contribution in [2.24, 2.45) is 0 Å². The Morgan fingerprint density at radius 3 is 2.59 bits per heavy atom. The molecule has 0 spiro atoms. The standard InChI is InChI=1S/C24H30FN5O2/c1-16(30-11-5-8-21(30)31)23(32)29-12-9-17(10-13-29)22-20(15-26-24(27-22)28(2)3)18-6-4-7-19(25)14-18/h4,6-7,14-17H,5,8-13H2,1-3H3/t16-/m1/s1. The molecule has 0 aliphatic carbocycles. The molecule has 2 fully saturated rings. The Morgan fingerprint density at radius 2 is 1.97 bits per heavy atom. The fourth-order valence-electron chi connectivity index (χ4n) is 4.64. The molecule has 1 aromatic heterocycles. The third kappa shape index (κ3) is 4.45. The molecule has 4 rings (SSSR count). The fourth-order valence-corrected chi connectivity index (χ4v) is 4.64. The lowest BCUT2D eigenvalue weighted by Crippen LogP contribution is -2.49. The maximum Gasteiger partial charge on any atom is 0.245 e. The molecule has 0 radical (unpaired) electrons. The van der Waals surface area contributed by atoms with Crippen LogP contribution in [0.2, 0.25) is 0 Å². The second-order valence-electron chi connectivity index (χ2n) is 8.84. The van der Waals surface area contributed by atoms with Crippen LogP contribution in [0.5, 0.6) is 0 Å². The summed E-state index contributed by atoms with van der Waals surface area (Å²) in [5, 5.41) is 0. The van der Waals surface area contributed by atoms with Gasteiger partial charge in [-0.25, -0.2) is 14.4 Å². The first-order valence-electron chi connectivity index (χ1n) is 11.2. The maximum atomic E-state index is 13.9. The largest absolute Gasteiger partial charge is 0.347 e. The van der Waals surface area contributed by atoms with Gasteiger partial charge in [-0.2, -0.15) is 0 Å². The lowest BCUT2D eigenvalue weighted by atomic mass is 9.88. The highest BCUT2D eigenvalue weighted by atomic mass is 19.1. The number of benzene rings is 1. The topological polar surface area (TPSA) is 69.6 Å². The van der Waals surface area contributed by atoms with E-state index in [0.29, 0.717) is 32.0 Å². The van der Waals surface area contributed by atoms with E-state index in [9.17, 15) is 14.0 Å². The van der Waals surface area contributed by atoms with Crippen molar-refractivity contribution in [3.63, 3.8) is 0 Å². The molecule has 170 valence electrons. The summed E-state index contributed by atoms with van der Waals surface area (Å²) >= 11 is 0. The first kappa shape index (κ1) is 22.2. The number of hydrogen-bond acceptors (Lipinski definition) is 5. The van der Waals surface area contributed by atoms with Crippen molar-refractivity contribution < 1.29 is 14.0 Å². The first-order chi connectivity index (χ1) is 15.3. The Labute approximate surface area is 188 Å². The highest BCUT2D eigenvalue weighted by Crippen LogP contribution is 2.35. The number of halogens is 1. The summed E-state index contributed by atoms with van der Waals surface area (Å²) in [5.41, 5.74) is 2.48. The summed E-state index contributed by atoms with van der Waals surface area (Å²) in [7, 11) is 3.78. The number of amides is 2. The van der Waals surface area contributed by atoms with E-state index in [1.54, 1.807) is 17.2 Å². The van der Waals surface area contributed by atoms with E-state index in [2.05, 4.69) is 4.98 Å². The van der Waals surface area contributed by atoms with E-state index in [4.69, 9.17) is 4.98 Å². The van der Waals surface area contributed by atoms with E-state index < -0.39 is 6.04 Å². The van der Waals surface area contributed by atoms with Gasteiger partial charge in [0.2, 0.25) is 17.8 Å². The minimum atomic E-state index is -0.413. The zero-order valence-corrected chi connectivity index (χ0v) is 18.9. The number of carbonyl (C=O) groups excluding carboxylic acids is 2. The van der Waals surface area contributed by atoms with E-state index in [1.165, 1.54) is 12.1 Å². The summed E-state index contributed by atoms with van der Waals surface area (Å²) in [6.07, 6.45) is 4.65. The van der Waals surface area contributed by atoms with E-state index in [0.717, 1.165) is 36.1 Å². The second kappa shape index (κ2) is 9.22. The molecule has 2 aliphatic heterocycles. The van der Waals surface area contributed by atoms with E-state index >= 15 is 0 Å². The lowest BCUT2D eigenvalue weighted by molar-refractivity contribution is -0.143. The molecule has 1 aromatic carbocycles. The van der Waals surface area contributed by atoms with Crippen LogP contribution in [0.15, 0.2) is 30.5 Å². The van der Waals surface area contributed by atoms with Gasteiger partial charge >= 0.3 is 0 Å². The van der Waals surface area contributed by atoms with Crippen LogP contribution in [-0.4, -0.2) is 71.4 Å². The molecule has 32 heavy (non-hydrogen) atoms. The smallest absolute Gasteiger partial charge is 0.245 e. The predicted molar refractivity (Wildman–Crippen MR) is 121 cm³/mol. The molecule has 0 unspecified atom stereocenters. The summed E-state index contributed by atoms with van der Waals surface area (Å²) in [5.74, 6) is 0.539. The van der Waals surface area contributed by atoms with Gasteiger partial charge in [0.05, 0.1) is 5.69 Å². The van der Waals surface area contributed by atoms with E-state index in [1.807, 2.05) is 36.9 Å². The number of likely N-dealkylation sites (tertiary alicyclic amines) is 2. The summed E-state index contributed by atoms with van der Waals surface area (Å²) < 4.78 is 13.9. The molecule has 2 saturated heterocycles. The Morgan fingerprint density at radius 1 is 1.22 bits per heavy atom. The van der Waals surface area contributed by atoms with Crippen molar-refractivity contribution in [2.45, 2.75) is 44.6 Å². The Balaban J connectivity index is 1.53. The quantitative estimate of drug-likeness (QED) is 0.716. The second-order valence-corrected chi connectivity index (χ2v) is 8.84. The maximum absolute atomic E-state index is 13.9. The highest BCUT2D eigenvalue weighted by molar-refractivity contribution is 5.88. The number of anilines is 1. The lowest BCUT2D eigenvalue weighted by Gasteiger charge is -2.36. The molecule has 1 atom stereocenters. The van der Waals surface area contributed by atoms with Gasteiger partial charge in [0.1, 0.15) is 11.9 Å². The molecular weight excluding hydrogens is 409 g/mol. The minimum absolute atomic E-state index is 0.0146. The van der Waals surface area contributed by atoms with Gasteiger partial charge in [0.15, 0.2) is 0 Å². The van der Waals surface area contributed by atoms with Crippen LogP contribution in [0.25, 0.3) is 11.1 Å². The van der Waals surface area contributed by atoms with Gasteiger partial charge in [-0.3, -0.25) is 9.59 Å². The van der Waals surface area contributed by atoms with Crippen LogP contribution in [-0.2, 0) is 9.59 Å². The summed E-state index contributed by atoms with van der Waals surface area (Å²) in [6, 6.07) is 6.08. The molecule has 0 saturated carbocycles. The number of hydrogen-bond donors (Lipinski definition) is 0. The van der Waals surface area contributed by atoms with Crippen LogP contribution < -0.4 is 4.90 Å². The number of piperidine rings is 1. The molecule has 0 bridgehead atoms. The van der Waals surface area contributed by atoms with Crippen LogP contribution in [0.1, 0.15) is 44.2 Å². The van der Waals surface area contributed by atoms with E-state index in [-0.39, 0.29) is 23.5 Å². The average molecular weight is 440 g/mol. The first-order valence-corrected chi connectivity index (χ1v) is 11.2. The molecule has 3 heterocycles. The number of aromatic nitrogens is 2. The Bertz CT molecular complexity index is 1000. The molecule has 2 aliphatic rings. The molecule has 7 nitrogen and oxygen atoms in total. The minimum Gasteiger partial charge on any atom is -0.347 e. The van der Waals surface area contributed by atoms with Crippen LogP contribution in [0.3, 0.4) is 0 Å². The van der Waals surface area contributed by atoms with Crippen molar-refractivity contribution in [1.29, 1.82) is 0 Å². The summed E-state index contributed by atoms with van der Waals surface area (Å²) in [4.78, 5) is 39.7. The third-order valence-corrected chi connectivity index (χ3v) is 6.47. The average Bonchev–Trinajstić information content (AvgIpc) is 3.23. The number of nitrogens with zero attached hydrogens (tertiary/aromatic N) is 5. The van der Waals surface area contributed by atoms with Gasteiger partial charge in [0.25, 0.3) is 0 Å². The molecule has 8 heteroatoms. The number of carbonyl (C=O) groups is 2. The van der Waals surface area contributed by atoms with Gasteiger partial charge in [-0.05, 0) is 43.9 Å². The predicted octanol–water partition coefficient (Wildman–Crippen LogP) is 3.07. The highest BCUT2D eigenvalue weighted by Gasteiger charge is 2.34. The van der Waals surface area contributed by atoms with Crippen molar-refractivity contribution in [1.82, 2.24) is 19.8 Å². The fraction of sp³-hybridized carbons (Fsp3) is 0.500. The van der Waals surface area contributed by atoms with Crippen molar-refractivity contribution in [3.8, 4) is 11.1 Å². The SMILES string of the molecule is C[C@H](C(=O)N1CCC(c2nc(N(C)C)ncc2-c2cccc(F)c2)CC1)N1CCCC1=O. The van der Waals surface area contributed by atoms with Crippen molar-refractivity contribution in [3.05, 3.63) is 42.0 Å². The van der Waals surface area contributed by atoms with Gasteiger partial charge in [0, 0.05) is 57.8 Å². The zero-order chi connectivity index (χ0) is 22.8. The molecule has 2 aromatic rings. The van der Waals surface area contributed by atoms with Gasteiger partial charge in [-0.15, -0.1) is 0 Å². The molecule has 2 amide bonds. The summed E-state index contributed by atoms with van der Waals surface area (Å²) in [6.45, 7) is 3.71. The van der Waals surface area contributed by atoms with Crippen LogP contribution in [0, 0.1) is 5.82 Å². The van der Waals surface area contributed by atoms with Crippen LogP contribution >= 0.6 is 0 Å². The van der Waals surface area contributed by atoms with Gasteiger partial charge < -0.3 is 14.7 Å². The van der Waals surface area contributed by atoms with Gasteiger partial charge in [-0.1, -0.05) is 12.1 Å². The number of rotatable bonds is 5. The van der Waals surface area contributed by atoms with Crippen LogP contribution in [0.4, 0.5) is 10.3 Å². The Kier molecular flexibility index (Phi) is 6.39. The normalized spacial score (nSPS) is 18.2. The Hall–Kier alpha value is -3.03. The third-order valence-electron chi connectivity index (χ3n) is 6.47.